The Morgan fingerprint density at radius 2 is 1.90 bits per heavy atom. The molecule has 1 aliphatic carbocycles. The van der Waals surface area contributed by atoms with Gasteiger partial charge in [0.25, 0.3) is 11.8 Å². The van der Waals surface area contributed by atoms with E-state index in [1.807, 2.05) is 0 Å². The van der Waals surface area contributed by atoms with Gasteiger partial charge in [-0.3, -0.25) is 9.59 Å². The number of fused-ring (bicyclic) bond motifs is 1. The van der Waals surface area contributed by atoms with Gasteiger partial charge >= 0.3 is 0 Å². The number of rotatable bonds is 6. The van der Waals surface area contributed by atoms with Gasteiger partial charge in [-0.1, -0.05) is 0 Å². The summed E-state index contributed by atoms with van der Waals surface area (Å²) in [7, 11) is -3.11. The molecule has 0 saturated carbocycles. The number of anilines is 1. The van der Waals surface area contributed by atoms with Crippen LogP contribution in [0.5, 0.6) is 5.75 Å². The first-order valence-corrected chi connectivity index (χ1v) is 12.8. The second-order valence-corrected chi connectivity index (χ2v) is 11.1. The lowest BCUT2D eigenvalue weighted by atomic mass is 9.95. The SMILES string of the molecule is O=C(COc1ccc(F)cc1)Nc1sc2c(c1C(=O)N[C@@H]1CCS(=O)(=O)C1)CCCC2. The first-order chi connectivity index (χ1) is 14.8. The maximum absolute atomic E-state index is 13.0. The predicted octanol–water partition coefficient (Wildman–Crippen LogP) is 2.70. The predicted molar refractivity (Wildman–Crippen MR) is 116 cm³/mol. The van der Waals surface area contributed by atoms with Crippen molar-refractivity contribution in [1.29, 1.82) is 0 Å². The smallest absolute Gasteiger partial charge is 0.262 e. The van der Waals surface area contributed by atoms with Crippen LogP contribution in [0, 0.1) is 5.82 Å². The number of hydrogen-bond acceptors (Lipinski definition) is 6. The zero-order valence-electron chi connectivity index (χ0n) is 16.8. The summed E-state index contributed by atoms with van der Waals surface area (Å²) in [5.41, 5.74) is 1.36. The molecule has 1 aliphatic heterocycles. The molecule has 0 bridgehead atoms. The second-order valence-electron chi connectivity index (χ2n) is 7.78. The topological polar surface area (TPSA) is 102 Å². The summed E-state index contributed by atoms with van der Waals surface area (Å²) < 4.78 is 41.8. The van der Waals surface area contributed by atoms with E-state index in [9.17, 15) is 22.4 Å². The van der Waals surface area contributed by atoms with E-state index in [4.69, 9.17) is 4.74 Å². The quantitative estimate of drug-likeness (QED) is 0.682. The summed E-state index contributed by atoms with van der Waals surface area (Å²) >= 11 is 1.38. The monoisotopic (exact) mass is 466 g/mol. The van der Waals surface area contributed by atoms with Gasteiger partial charge in [-0.25, -0.2) is 12.8 Å². The van der Waals surface area contributed by atoms with Gasteiger partial charge < -0.3 is 15.4 Å². The molecule has 31 heavy (non-hydrogen) atoms. The number of halogens is 1. The Kier molecular flexibility index (Phi) is 6.29. The van der Waals surface area contributed by atoms with Crippen molar-refractivity contribution in [2.24, 2.45) is 0 Å². The molecule has 2 N–H and O–H groups in total. The van der Waals surface area contributed by atoms with E-state index in [1.54, 1.807) is 0 Å². The van der Waals surface area contributed by atoms with E-state index < -0.39 is 27.6 Å². The Balaban J connectivity index is 1.47. The van der Waals surface area contributed by atoms with Gasteiger partial charge in [-0.05, 0) is 61.9 Å². The third-order valence-electron chi connectivity index (χ3n) is 5.40. The number of hydrogen-bond donors (Lipinski definition) is 2. The molecule has 1 fully saturated rings. The van der Waals surface area contributed by atoms with E-state index in [0.29, 0.717) is 22.7 Å². The molecule has 0 spiro atoms. The summed E-state index contributed by atoms with van der Waals surface area (Å²) in [6.07, 6.45) is 3.98. The normalized spacial score (nSPS) is 19.5. The highest BCUT2D eigenvalue weighted by Gasteiger charge is 2.32. The Hall–Kier alpha value is -2.46. The van der Waals surface area contributed by atoms with E-state index in [2.05, 4.69) is 10.6 Å². The zero-order chi connectivity index (χ0) is 22.0. The van der Waals surface area contributed by atoms with Crippen molar-refractivity contribution >= 4 is 38.0 Å². The van der Waals surface area contributed by atoms with Crippen molar-refractivity contribution in [1.82, 2.24) is 5.32 Å². The molecule has 1 aromatic carbocycles. The highest BCUT2D eigenvalue weighted by atomic mass is 32.2. The molecule has 166 valence electrons. The molecule has 7 nitrogen and oxygen atoms in total. The number of aryl methyl sites for hydroxylation is 1. The first kappa shape index (κ1) is 21.8. The Bertz CT molecular complexity index is 1100. The van der Waals surface area contributed by atoms with Crippen LogP contribution in [-0.2, 0) is 27.5 Å². The Morgan fingerprint density at radius 3 is 2.61 bits per heavy atom. The Labute approximate surface area is 183 Å². The lowest BCUT2D eigenvalue weighted by Crippen LogP contribution is -2.36. The fourth-order valence-corrected chi connectivity index (χ4v) is 6.88. The number of ether oxygens (including phenoxy) is 1. The van der Waals surface area contributed by atoms with Gasteiger partial charge in [0.2, 0.25) is 0 Å². The molecule has 2 amide bonds. The molecule has 0 radical (unpaired) electrons. The van der Waals surface area contributed by atoms with Crippen LogP contribution in [0.4, 0.5) is 9.39 Å². The number of thiophene rings is 1. The van der Waals surface area contributed by atoms with Crippen LogP contribution in [0.25, 0.3) is 0 Å². The molecule has 2 aromatic rings. The van der Waals surface area contributed by atoms with E-state index in [1.165, 1.54) is 35.6 Å². The van der Waals surface area contributed by atoms with Crippen molar-refractivity contribution in [2.45, 2.75) is 38.1 Å². The van der Waals surface area contributed by atoms with E-state index in [0.717, 1.165) is 36.1 Å². The van der Waals surface area contributed by atoms with Gasteiger partial charge in [0.05, 0.1) is 17.1 Å². The molecule has 0 unspecified atom stereocenters. The number of sulfone groups is 1. The average Bonchev–Trinajstić information content (AvgIpc) is 3.26. The summed E-state index contributed by atoms with van der Waals surface area (Å²) in [6.45, 7) is -0.282. The number of nitrogens with one attached hydrogen (secondary N) is 2. The van der Waals surface area contributed by atoms with Crippen LogP contribution >= 0.6 is 11.3 Å². The molecule has 10 heteroatoms. The molecule has 1 saturated heterocycles. The zero-order valence-corrected chi connectivity index (χ0v) is 18.4. The van der Waals surface area contributed by atoms with Crippen LogP contribution in [0.1, 0.15) is 40.1 Å². The second kappa shape index (κ2) is 8.96. The fourth-order valence-electron chi connectivity index (χ4n) is 3.90. The lowest BCUT2D eigenvalue weighted by molar-refractivity contribution is -0.118. The van der Waals surface area contributed by atoms with Crippen molar-refractivity contribution in [2.75, 3.05) is 23.4 Å². The maximum atomic E-state index is 13.0. The van der Waals surface area contributed by atoms with Gasteiger partial charge in [-0.2, -0.15) is 0 Å². The number of carbonyl (C=O) groups is 2. The van der Waals surface area contributed by atoms with Crippen molar-refractivity contribution < 1.29 is 27.1 Å². The minimum absolute atomic E-state index is 0.0573. The van der Waals surface area contributed by atoms with Crippen molar-refractivity contribution in [3.8, 4) is 5.75 Å². The standard InChI is InChI=1S/C21H23FN2O5S2/c22-13-5-7-15(8-6-13)29-11-18(25)24-21-19(16-3-1-2-4-17(16)30-21)20(26)23-14-9-10-31(27,28)12-14/h5-8,14H,1-4,9-12H2,(H,23,26)(H,24,25)/t14-/m1/s1. The van der Waals surface area contributed by atoms with Gasteiger partial charge in [-0.15, -0.1) is 11.3 Å². The highest BCUT2D eigenvalue weighted by Crippen LogP contribution is 2.38. The maximum Gasteiger partial charge on any atom is 0.262 e. The van der Waals surface area contributed by atoms with Gasteiger partial charge in [0, 0.05) is 10.9 Å². The van der Waals surface area contributed by atoms with Gasteiger partial charge in [0.1, 0.15) is 16.6 Å². The molecular weight excluding hydrogens is 443 g/mol. The summed E-state index contributed by atoms with van der Waals surface area (Å²) in [5.74, 6) is -0.798. The van der Waals surface area contributed by atoms with Crippen LogP contribution in [0.15, 0.2) is 24.3 Å². The van der Waals surface area contributed by atoms with E-state index >= 15 is 0 Å². The third kappa shape index (κ3) is 5.24. The molecule has 1 aromatic heterocycles. The van der Waals surface area contributed by atoms with E-state index in [-0.39, 0.29) is 24.0 Å². The molecule has 2 aliphatic rings. The molecule has 2 heterocycles. The summed E-state index contributed by atoms with van der Waals surface area (Å²) in [6, 6.07) is 4.93. The minimum Gasteiger partial charge on any atom is -0.484 e. The fraction of sp³-hybridized carbons (Fsp3) is 0.429. The van der Waals surface area contributed by atoms with Crippen molar-refractivity contribution in [3.05, 3.63) is 46.1 Å². The first-order valence-electron chi connectivity index (χ1n) is 10.1. The molecular formula is C21H23FN2O5S2. The van der Waals surface area contributed by atoms with Crippen LogP contribution in [0.3, 0.4) is 0 Å². The third-order valence-corrected chi connectivity index (χ3v) is 8.38. The highest BCUT2D eigenvalue weighted by molar-refractivity contribution is 7.91. The van der Waals surface area contributed by atoms with Crippen LogP contribution in [0.2, 0.25) is 0 Å². The number of benzene rings is 1. The van der Waals surface area contributed by atoms with Crippen LogP contribution < -0.4 is 15.4 Å². The number of amides is 2. The molecule has 1 atom stereocenters. The number of carbonyl (C=O) groups excluding carboxylic acids is 2. The van der Waals surface area contributed by atoms with Crippen molar-refractivity contribution in [3.63, 3.8) is 0 Å². The van der Waals surface area contributed by atoms with Crippen LogP contribution in [-0.4, -0.2) is 44.4 Å². The summed E-state index contributed by atoms with van der Waals surface area (Å²) in [4.78, 5) is 26.6. The van der Waals surface area contributed by atoms with Gasteiger partial charge in [0.15, 0.2) is 16.4 Å². The average molecular weight is 467 g/mol. The largest absolute Gasteiger partial charge is 0.484 e. The lowest BCUT2D eigenvalue weighted by Gasteiger charge is -2.15. The summed E-state index contributed by atoms with van der Waals surface area (Å²) in [5, 5.41) is 6.06. The minimum atomic E-state index is -3.11. The Morgan fingerprint density at radius 1 is 1.16 bits per heavy atom. The molecule has 4 rings (SSSR count).